The van der Waals surface area contributed by atoms with Gasteiger partial charge < -0.3 is 24.1 Å². The molecule has 0 bridgehead atoms. The Morgan fingerprint density at radius 2 is 0.900 bits per heavy atom. The van der Waals surface area contributed by atoms with E-state index in [1.165, 1.54) is 0 Å². The molecule has 4 atom stereocenters. The quantitative estimate of drug-likeness (QED) is 0.181. The van der Waals surface area contributed by atoms with Crippen molar-refractivity contribution in [2.75, 3.05) is 6.61 Å². The second-order valence-corrected chi connectivity index (χ2v) is 9.43. The van der Waals surface area contributed by atoms with E-state index in [1.807, 2.05) is 127 Å². The van der Waals surface area contributed by atoms with Gasteiger partial charge in [-0.05, 0) is 22.3 Å². The number of hydrogen-bond acceptors (Lipinski definition) is 6. The van der Waals surface area contributed by atoms with Gasteiger partial charge in [0.25, 0.3) is 0 Å². The summed E-state index contributed by atoms with van der Waals surface area (Å²) >= 11 is 0. The zero-order chi connectivity index (χ0) is 27.8. The highest BCUT2D eigenvalue weighted by atomic mass is 16.6. The predicted molar refractivity (Wildman–Crippen MR) is 153 cm³/mol. The summed E-state index contributed by atoms with van der Waals surface area (Å²) < 4.78 is 25.1. The fourth-order valence-corrected chi connectivity index (χ4v) is 4.27. The summed E-state index contributed by atoms with van der Waals surface area (Å²) in [5.41, 5.74) is 3.88. The topological polar surface area (TPSA) is 80.9 Å². The predicted octanol–water partition coefficient (Wildman–Crippen LogP) is 5.84. The minimum absolute atomic E-state index is 0.171. The normalized spacial score (nSPS) is 14.1. The van der Waals surface area contributed by atoms with E-state index in [4.69, 9.17) is 18.9 Å². The van der Waals surface area contributed by atoms with E-state index in [1.54, 1.807) is 0 Å². The van der Waals surface area contributed by atoms with Crippen molar-refractivity contribution < 1.29 is 24.1 Å². The molecule has 6 nitrogen and oxygen atoms in total. The number of nitrogens with zero attached hydrogens (tertiary/aromatic N) is 1. The maximum absolute atomic E-state index is 10.8. The lowest BCUT2D eigenvalue weighted by Crippen LogP contribution is -2.50. The monoisotopic (exact) mass is 537 g/mol. The molecule has 4 aromatic rings. The minimum atomic E-state index is -1.44. The molecule has 0 unspecified atom stereocenters. The Bertz CT molecular complexity index is 1270. The number of aliphatic hydroxyl groups excluding tert-OH is 1. The van der Waals surface area contributed by atoms with Gasteiger partial charge in [0.05, 0.1) is 39.1 Å². The molecule has 0 heterocycles. The van der Waals surface area contributed by atoms with Gasteiger partial charge in [-0.25, -0.2) is 0 Å². The lowest BCUT2D eigenvalue weighted by Gasteiger charge is -2.34. The zero-order valence-electron chi connectivity index (χ0n) is 22.4. The minimum Gasteiger partial charge on any atom is -0.375 e. The van der Waals surface area contributed by atoms with Gasteiger partial charge in [-0.15, -0.1) is 0 Å². The first kappa shape index (κ1) is 29.2. The van der Waals surface area contributed by atoms with Gasteiger partial charge in [-0.1, -0.05) is 121 Å². The summed E-state index contributed by atoms with van der Waals surface area (Å²) in [7, 11) is 0. The van der Waals surface area contributed by atoms with Gasteiger partial charge in [0.1, 0.15) is 18.3 Å². The molecular weight excluding hydrogens is 502 g/mol. The smallest absolute Gasteiger partial charge is 0.169 e. The van der Waals surface area contributed by atoms with Crippen LogP contribution in [0, 0.1) is 11.3 Å². The van der Waals surface area contributed by atoms with E-state index in [2.05, 4.69) is 0 Å². The van der Waals surface area contributed by atoms with Crippen LogP contribution < -0.4 is 0 Å². The SMILES string of the molecule is N#C[C@@H](O)[C@@H](OCc1ccccc1)[C@H](OCc1ccccc1)[C@@H](COCc1ccccc1)OCc1ccccc1. The van der Waals surface area contributed by atoms with E-state index in [0.29, 0.717) is 13.2 Å². The van der Waals surface area contributed by atoms with Crippen LogP contribution in [0.2, 0.25) is 0 Å². The number of aliphatic hydroxyl groups is 1. The molecule has 0 saturated carbocycles. The highest BCUT2D eigenvalue weighted by molar-refractivity contribution is 5.16. The van der Waals surface area contributed by atoms with E-state index >= 15 is 0 Å². The fraction of sp³-hybridized carbons (Fsp3) is 0.265. The van der Waals surface area contributed by atoms with Gasteiger partial charge in [0.2, 0.25) is 0 Å². The number of ether oxygens (including phenoxy) is 4. The molecule has 1 N–H and O–H groups in total. The maximum Gasteiger partial charge on any atom is 0.169 e. The van der Waals surface area contributed by atoms with Crippen LogP contribution in [0.3, 0.4) is 0 Å². The summed E-state index contributed by atoms with van der Waals surface area (Å²) in [6.45, 7) is 1.31. The molecule has 206 valence electrons. The fourth-order valence-electron chi connectivity index (χ4n) is 4.27. The molecule has 0 spiro atoms. The van der Waals surface area contributed by atoms with Crippen LogP contribution in [0.15, 0.2) is 121 Å². The first-order valence-corrected chi connectivity index (χ1v) is 13.4. The Hall–Kier alpha value is -3.83. The van der Waals surface area contributed by atoms with Crippen molar-refractivity contribution in [3.8, 4) is 6.07 Å². The number of rotatable bonds is 16. The number of hydrogen-bond donors (Lipinski definition) is 1. The zero-order valence-corrected chi connectivity index (χ0v) is 22.4. The lowest BCUT2D eigenvalue weighted by atomic mass is 10.0. The maximum atomic E-state index is 10.8. The van der Waals surface area contributed by atoms with E-state index in [0.717, 1.165) is 22.3 Å². The summed E-state index contributed by atoms with van der Waals surface area (Å²) in [4.78, 5) is 0. The third-order valence-electron chi connectivity index (χ3n) is 6.40. The largest absolute Gasteiger partial charge is 0.375 e. The highest BCUT2D eigenvalue weighted by Gasteiger charge is 2.37. The van der Waals surface area contributed by atoms with Gasteiger partial charge in [-0.3, -0.25) is 0 Å². The summed E-state index contributed by atoms with van der Waals surface area (Å²) in [6, 6.07) is 41.0. The molecule has 4 aromatic carbocycles. The van der Waals surface area contributed by atoms with Gasteiger partial charge in [0, 0.05) is 0 Å². The Morgan fingerprint density at radius 1 is 0.525 bits per heavy atom. The molecule has 4 rings (SSSR count). The molecule has 0 aliphatic carbocycles. The third-order valence-corrected chi connectivity index (χ3v) is 6.40. The third kappa shape index (κ3) is 9.42. The van der Waals surface area contributed by atoms with Crippen LogP contribution in [-0.4, -0.2) is 36.1 Å². The van der Waals surface area contributed by atoms with Crippen molar-refractivity contribution in [3.05, 3.63) is 144 Å². The van der Waals surface area contributed by atoms with Crippen molar-refractivity contribution >= 4 is 0 Å². The molecule has 0 aliphatic rings. The molecule has 0 fully saturated rings. The van der Waals surface area contributed by atoms with Crippen molar-refractivity contribution in [1.29, 1.82) is 5.26 Å². The summed E-state index contributed by atoms with van der Waals surface area (Å²) in [5.74, 6) is 0. The van der Waals surface area contributed by atoms with E-state index < -0.39 is 24.4 Å². The Kier molecular flexibility index (Phi) is 11.9. The summed E-state index contributed by atoms with van der Waals surface area (Å²) in [5, 5.41) is 20.6. The Balaban J connectivity index is 1.58. The Morgan fingerprint density at radius 3 is 1.32 bits per heavy atom. The van der Waals surface area contributed by atoms with Gasteiger partial charge >= 0.3 is 0 Å². The highest BCUT2D eigenvalue weighted by Crippen LogP contribution is 2.22. The number of benzene rings is 4. The molecule has 0 amide bonds. The van der Waals surface area contributed by atoms with Crippen LogP contribution in [-0.2, 0) is 45.4 Å². The van der Waals surface area contributed by atoms with Crippen LogP contribution >= 0.6 is 0 Å². The van der Waals surface area contributed by atoms with Crippen molar-refractivity contribution in [2.24, 2.45) is 0 Å². The van der Waals surface area contributed by atoms with Crippen LogP contribution in [0.1, 0.15) is 22.3 Å². The first-order valence-electron chi connectivity index (χ1n) is 13.4. The van der Waals surface area contributed by atoms with E-state index in [-0.39, 0.29) is 19.8 Å². The Labute approximate surface area is 236 Å². The first-order chi connectivity index (χ1) is 19.7. The molecular formula is C34H35NO5. The van der Waals surface area contributed by atoms with Gasteiger partial charge in [0.15, 0.2) is 6.10 Å². The van der Waals surface area contributed by atoms with Crippen LogP contribution in [0.4, 0.5) is 0 Å². The van der Waals surface area contributed by atoms with Crippen molar-refractivity contribution in [1.82, 2.24) is 0 Å². The number of nitriles is 1. The standard InChI is InChI=1S/C34H35NO5/c35-21-31(36)33(39-24-29-17-9-3-10-18-29)34(40-25-30-19-11-4-12-20-30)32(38-23-28-15-7-2-8-16-28)26-37-22-27-13-5-1-6-14-27/h1-20,31-34,36H,22-26H2/t31-,32-,33-,34-/m1/s1. The van der Waals surface area contributed by atoms with Crippen molar-refractivity contribution in [3.63, 3.8) is 0 Å². The van der Waals surface area contributed by atoms with Gasteiger partial charge in [-0.2, -0.15) is 5.26 Å². The molecule has 6 heteroatoms. The molecule has 0 aliphatic heterocycles. The molecule has 0 radical (unpaired) electrons. The van der Waals surface area contributed by atoms with Crippen molar-refractivity contribution in [2.45, 2.75) is 50.8 Å². The average Bonchev–Trinajstić information content (AvgIpc) is 3.02. The second kappa shape index (κ2) is 16.3. The lowest BCUT2D eigenvalue weighted by molar-refractivity contribution is -0.184. The van der Waals surface area contributed by atoms with Crippen LogP contribution in [0.25, 0.3) is 0 Å². The molecule has 0 saturated heterocycles. The second-order valence-electron chi connectivity index (χ2n) is 9.43. The summed E-state index contributed by atoms with van der Waals surface area (Å²) in [6.07, 6.45) is -3.88. The van der Waals surface area contributed by atoms with E-state index in [9.17, 15) is 10.4 Å². The van der Waals surface area contributed by atoms with Crippen LogP contribution in [0.5, 0.6) is 0 Å². The molecule has 0 aromatic heterocycles. The average molecular weight is 538 g/mol. The molecule has 40 heavy (non-hydrogen) atoms.